The average Bonchev–Trinajstić information content (AvgIpc) is 3.21. The Kier molecular flexibility index (Phi) is 10.9. The van der Waals surface area contributed by atoms with Crippen LogP contribution >= 0.6 is 0 Å². The summed E-state index contributed by atoms with van der Waals surface area (Å²) in [7, 11) is 1.45. The lowest BCUT2D eigenvalue weighted by atomic mass is 9.99. The fourth-order valence-electron chi connectivity index (χ4n) is 4.20. The number of fused-ring (bicyclic) bond motifs is 2. The number of aliphatic hydroxyl groups excluding tert-OH is 1. The number of benzene rings is 1. The number of nitrogens with one attached hydrogen (secondary N) is 1. The Morgan fingerprint density at radius 3 is 2.62 bits per heavy atom. The molecule has 0 aromatic heterocycles. The Balaban J connectivity index is 2.00. The molecular formula is C29H39NO10. The molecule has 40 heavy (non-hydrogen) atoms. The minimum Gasteiger partial charge on any atom is -0.491 e. The fraction of sp³-hybridized carbons (Fsp3) is 0.552. The topological polar surface area (TPSA) is 139 Å². The molecule has 2 aliphatic heterocycles. The number of hydrogen-bond acceptors (Lipinski definition) is 10. The normalized spacial score (nSPS) is 26.1. The first-order valence-corrected chi connectivity index (χ1v) is 13.2. The number of ether oxygens (including phenoxy) is 6. The maximum Gasteiger partial charge on any atom is 0.342 e. The van der Waals surface area contributed by atoms with Crippen LogP contribution < -0.4 is 14.8 Å². The van der Waals surface area contributed by atoms with E-state index in [9.17, 15) is 19.5 Å². The summed E-state index contributed by atoms with van der Waals surface area (Å²) in [5.74, 6) is -1.86. The molecule has 1 amide bonds. The third kappa shape index (κ3) is 8.62. The number of amides is 1. The largest absolute Gasteiger partial charge is 0.491 e. The van der Waals surface area contributed by atoms with Gasteiger partial charge in [-0.1, -0.05) is 25.2 Å². The van der Waals surface area contributed by atoms with Crippen LogP contribution in [0.25, 0.3) is 6.08 Å². The fourth-order valence-corrected chi connectivity index (χ4v) is 4.20. The molecule has 3 rings (SSSR count). The van der Waals surface area contributed by atoms with E-state index in [1.54, 1.807) is 45.1 Å². The molecule has 11 nitrogen and oxygen atoms in total. The molecule has 3 unspecified atom stereocenters. The maximum atomic E-state index is 13.4. The van der Waals surface area contributed by atoms with E-state index in [2.05, 4.69) is 5.32 Å². The molecule has 1 aromatic rings. The average molecular weight is 562 g/mol. The highest BCUT2D eigenvalue weighted by atomic mass is 16.8. The third-order valence-corrected chi connectivity index (χ3v) is 6.40. The highest BCUT2D eigenvalue weighted by Gasteiger charge is 2.43. The summed E-state index contributed by atoms with van der Waals surface area (Å²) in [4.78, 5) is 37.5. The first kappa shape index (κ1) is 31.3. The van der Waals surface area contributed by atoms with E-state index in [0.29, 0.717) is 17.7 Å². The van der Waals surface area contributed by atoms with Crippen LogP contribution in [0.15, 0.2) is 30.4 Å². The van der Waals surface area contributed by atoms with Crippen molar-refractivity contribution in [2.45, 2.75) is 71.2 Å². The number of esters is 1. The van der Waals surface area contributed by atoms with Gasteiger partial charge in [0.15, 0.2) is 18.4 Å². The number of cyclic esters (lactones) is 1. The molecule has 220 valence electrons. The van der Waals surface area contributed by atoms with Crippen LogP contribution in [-0.2, 0) is 28.5 Å². The number of carbonyl (C=O) groups excluding carboxylic acids is 3. The van der Waals surface area contributed by atoms with E-state index in [0.717, 1.165) is 0 Å². The second-order valence-electron chi connectivity index (χ2n) is 10.3. The number of rotatable bonds is 8. The zero-order valence-corrected chi connectivity index (χ0v) is 23.8. The van der Waals surface area contributed by atoms with Gasteiger partial charge in [-0.15, -0.1) is 0 Å². The zero-order valence-electron chi connectivity index (χ0n) is 23.8. The monoisotopic (exact) mass is 561 g/mol. The standard InChI is InChI=1S/C29H39NO10/c1-17-10-11-23(33)27-24(39-29(4,5)40-27)9-7-8-20-12-22(36-15-21(32)14-30-19(3)31)13-25(37-16-35-6)26(20)28(34)38-18(17)2/h7-8,10-13,17-18,21,24,27,32H,9,14-16H2,1-6H3,(H,30,31)/b8-7?,11-10-/t17-,18+,21?,24?,27?/m1/s1. The minimum absolute atomic E-state index is 0.0176. The molecule has 0 aliphatic carbocycles. The van der Waals surface area contributed by atoms with Crippen LogP contribution in [0.3, 0.4) is 0 Å². The van der Waals surface area contributed by atoms with Gasteiger partial charge in [0.2, 0.25) is 5.91 Å². The maximum absolute atomic E-state index is 13.4. The first-order valence-electron chi connectivity index (χ1n) is 13.2. The van der Waals surface area contributed by atoms with Gasteiger partial charge in [-0.2, -0.15) is 0 Å². The Bertz CT molecular complexity index is 1130. The zero-order chi connectivity index (χ0) is 29.4. The van der Waals surface area contributed by atoms with Crippen molar-refractivity contribution in [1.82, 2.24) is 5.32 Å². The molecule has 0 saturated carbocycles. The second-order valence-corrected chi connectivity index (χ2v) is 10.3. The lowest BCUT2D eigenvalue weighted by Crippen LogP contribution is -2.33. The van der Waals surface area contributed by atoms with E-state index >= 15 is 0 Å². The van der Waals surface area contributed by atoms with E-state index in [1.807, 2.05) is 6.92 Å². The highest BCUT2D eigenvalue weighted by molar-refractivity contribution is 5.97. The van der Waals surface area contributed by atoms with E-state index in [-0.39, 0.29) is 48.9 Å². The van der Waals surface area contributed by atoms with E-state index < -0.39 is 36.2 Å². The summed E-state index contributed by atoms with van der Waals surface area (Å²) in [5, 5.41) is 12.7. The summed E-state index contributed by atoms with van der Waals surface area (Å²) in [5.41, 5.74) is 0.592. The van der Waals surface area contributed by atoms with Gasteiger partial charge in [0.05, 0.1) is 6.10 Å². The number of hydrogen-bond donors (Lipinski definition) is 2. The summed E-state index contributed by atoms with van der Waals surface area (Å²) in [6.45, 7) is 8.20. The van der Waals surface area contributed by atoms with Crippen LogP contribution in [0.5, 0.6) is 11.5 Å². The minimum atomic E-state index is -0.964. The van der Waals surface area contributed by atoms with Crippen molar-refractivity contribution >= 4 is 23.7 Å². The van der Waals surface area contributed by atoms with Gasteiger partial charge >= 0.3 is 5.97 Å². The van der Waals surface area contributed by atoms with Crippen molar-refractivity contribution in [3.8, 4) is 11.5 Å². The van der Waals surface area contributed by atoms with Gasteiger partial charge in [-0.3, -0.25) is 9.59 Å². The highest BCUT2D eigenvalue weighted by Crippen LogP contribution is 2.34. The van der Waals surface area contributed by atoms with Crippen LogP contribution in [0.4, 0.5) is 0 Å². The number of methoxy groups -OCH3 is 1. The lowest BCUT2D eigenvalue weighted by molar-refractivity contribution is -0.152. The third-order valence-electron chi connectivity index (χ3n) is 6.40. The Hall–Kier alpha value is -3.25. The Morgan fingerprint density at radius 1 is 1.18 bits per heavy atom. The summed E-state index contributed by atoms with van der Waals surface area (Å²) in [6, 6.07) is 3.14. The van der Waals surface area contributed by atoms with Gasteiger partial charge < -0.3 is 38.8 Å². The van der Waals surface area contributed by atoms with Gasteiger partial charge in [0, 0.05) is 32.6 Å². The van der Waals surface area contributed by atoms with Gasteiger partial charge in [0.1, 0.15) is 42.0 Å². The van der Waals surface area contributed by atoms with Crippen molar-refractivity contribution < 1.29 is 47.9 Å². The lowest BCUT2D eigenvalue weighted by Gasteiger charge is -2.21. The number of carbonyl (C=O) groups is 3. The quantitative estimate of drug-likeness (QED) is 0.360. The SMILES string of the molecule is COCOc1cc(OCC(O)CNC(C)=O)cc2c1C(=O)O[C@@H](C)[C@H](C)/C=C\C(=O)C1OC(C)(C)OC1CC=C2. The molecule has 1 aromatic carbocycles. The predicted octanol–water partition coefficient (Wildman–Crippen LogP) is 2.79. The molecule has 1 saturated heterocycles. The molecule has 0 radical (unpaired) electrons. The summed E-state index contributed by atoms with van der Waals surface area (Å²) >= 11 is 0. The predicted molar refractivity (Wildman–Crippen MR) is 145 cm³/mol. The molecule has 2 heterocycles. The van der Waals surface area contributed by atoms with Crippen molar-refractivity contribution in [3.05, 3.63) is 41.5 Å². The molecule has 2 aliphatic rings. The summed E-state index contributed by atoms with van der Waals surface area (Å²) in [6.07, 6.45) is 4.09. The Labute approximate surface area is 234 Å². The molecule has 0 spiro atoms. The molecular weight excluding hydrogens is 522 g/mol. The van der Waals surface area contributed by atoms with Crippen LogP contribution in [0, 0.1) is 5.92 Å². The molecule has 1 fully saturated rings. The van der Waals surface area contributed by atoms with Crippen molar-refractivity contribution in [2.75, 3.05) is 27.1 Å². The smallest absolute Gasteiger partial charge is 0.342 e. The van der Waals surface area contributed by atoms with Crippen molar-refractivity contribution in [3.63, 3.8) is 0 Å². The van der Waals surface area contributed by atoms with Crippen LogP contribution in [0.2, 0.25) is 0 Å². The van der Waals surface area contributed by atoms with Crippen LogP contribution in [-0.4, -0.2) is 80.0 Å². The molecule has 0 bridgehead atoms. The molecule has 11 heteroatoms. The van der Waals surface area contributed by atoms with E-state index in [1.165, 1.54) is 26.2 Å². The summed E-state index contributed by atoms with van der Waals surface area (Å²) < 4.78 is 34.2. The Morgan fingerprint density at radius 2 is 1.93 bits per heavy atom. The first-order chi connectivity index (χ1) is 18.9. The van der Waals surface area contributed by atoms with Crippen molar-refractivity contribution in [2.24, 2.45) is 5.92 Å². The second kappa shape index (κ2) is 13.9. The molecule has 2 N–H and O–H groups in total. The van der Waals surface area contributed by atoms with Gasteiger partial charge in [-0.05, 0) is 44.9 Å². The van der Waals surface area contributed by atoms with Gasteiger partial charge in [-0.25, -0.2) is 4.79 Å². The van der Waals surface area contributed by atoms with E-state index in [4.69, 9.17) is 28.4 Å². The number of ketones is 1. The van der Waals surface area contributed by atoms with Crippen LogP contribution in [0.1, 0.15) is 57.0 Å². The number of aliphatic hydroxyl groups is 1. The van der Waals surface area contributed by atoms with Crippen molar-refractivity contribution in [1.29, 1.82) is 0 Å². The van der Waals surface area contributed by atoms with Gasteiger partial charge in [0.25, 0.3) is 0 Å². The molecule has 5 atom stereocenters.